The van der Waals surface area contributed by atoms with E-state index in [0.717, 1.165) is 6.42 Å². The highest BCUT2D eigenvalue weighted by Gasteiger charge is 2.03. The zero-order valence-corrected chi connectivity index (χ0v) is 8.92. The number of hydrogen-bond acceptors (Lipinski definition) is 3. The molecule has 0 unspecified atom stereocenters. The summed E-state index contributed by atoms with van der Waals surface area (Å²) < 4.78 is 4.73. The lowest BCUT2D eigenvalue weighted by Gasteiger charge is -2.06. The number of ether oxygens (including phenoxy) is 1. The van der Waals surface area contributed by atoms with Crippen LogP contribution in [0.2, 0.25) is 0 Å². The molecule has 0 aromatic heterocycles. The summed E-state index contributed by atoms with van der Waals surface area (Å²) in [5.74, 6) is -0.585. The van der Waals surface area contributed by atoms with E-state index in [1.807, 2.05) is 6.92 Å². The second-order valence-electron chi connectivity index (χ2n) is 2.85. The maximum absolute atomic E-state index is 11.1. The van der Waals surface area contributed by atoms with E-state index < -0.39 is 5.97 Å². The molecule has 0 saturated heterocycles. The Balaban J connectivity index is 4.30. The Morgan fingerprint density at radius 3 is 2.43 bits per heavy atom. The minimum Gasteiger partial charge on any atom is -0.463 e. The van der Waals surface area contributed by atoms with Crippen LogP contribution in [-0.2, 0) is 14.3 Å². The number of esters is 1. The SMILES string of the molecule is CCCC(=CC(=O)OCC)NC(C)=O. The molecule has 0 aliphatic heterocycles. The summed E-state index contributed by atoms with van der Waals surface area (Å²) in [5, 5.41) is 2.59. The Labute approximate surface area is 84.3 Å². The first-order chi connectivity index (χ1) is 6.60. The molecular weight excluding hydrogens is 182 g/mol. The van der Waals surface area contributed by atoms with E-state index in [-0.39, 0.29) is 5.91 Å². The van der Waals surface area contributed by atoms with Crippen molar-refractivity contribution in [2.45, 2.75) is 33.6 Å². The van der Waals surface area contributed by atoms with E-state index in [2.05, 4.69) is 5.32 Å². The molecule has 0 bridgehead atoms. The van der Waals surface area contributed by atoms with Crippen molar-refractivity contribution in [1.29, 1.82) is 0 Å². The maximum Gasteiger partial charge on any atom is 0.332 e. The molecule has 0 saturated carbocycles. The van der Waals surface area contributed by atoms with E-state index in [0.29, 0.717) is 18.7 Å². The third-order valence-electron chi connectivity index (χ3n) is 1.43. The molecule has 1 N–H and O–H groups in total. The molecule has 0 atom stereocenters. The lowest BCUT2D eigenvalue weighted by molar-refractivity contribution is -0.137. The highest BCUT2D eigenvalue weighted by molar-refractivity contribution is 5.84. The molecule has 0 aliphatic rings. The molecule has 0 fully saturated rings. The Kier molecular flexibility index (Phi) is 6.45. The summed E-state index contributed by atoms with van der Waals surface area (Å²) >= 11 is 0. The first-order valence-electron chi connectivity index (χ1n) is 4.75. The predicted molar refractivity (Wildman–Crippen MR) is 53.4 cm³/mol. The fourth-order valence-corrected chi connectivity index (χ4v) is 0.992. The zero-order chi connectivity index (χ0) is 11.0. The van der Waals surface area contributed by atoms with Crippen LogP contribution in [-0.4, -0.2) is 18.5 Å². The molecule has 4 heteroatoms. The van der Waals surface area contributed by atoms with Crippen molar-refractivity contribution in [1.82, 2.24) is 5.32 Å². The van der Waals surface area contributed by atoms with Crippen molar-refractivity contribution >= 4 is 11.9 Å². The minimum atomic E-state index is -0.412. The van der Waals surface area contributed by atoms with Crippen molar-refractivity contribution in [3.63, 3.8) is 0 Å². The molecule has 0 aromatic rings. The van der Waals surface area contributed by atoms with Gasteiger partial charge in [-0.3, -0.25) is 4.79 Å². The van der Waals surface area contributed by atoms with Crippen molar-refractivity contribution < 1.29 is 14.3 Å². The monoisotopic (exact) mass is 199 g/mol. The zero-order valence-electron chi connectivity index (χ0n) is 8.92. The van der Waals surface area contributed by atoms with Crippen LogP contribution in [0.4, 0.5) is 0 Å². The van der Waals surface area contributed by atoms with Gasteiger partial charge in [-0.25, -0.2) is 4.79 Å². The fraction of sp³-hybridized carbons (Fsp3) is 0.600. The number of rotatable bonds is 5. The average Bonchev–Trinajstić information content (AvgIpc) is 2.03. The van der Waals surface area contributed by atoms with Crippen molar-refractivity contribution in [2.24, 2.45) is 0 Å². The van der Waals surface area contributed by atoms with Crippen LogP contribution in [0.3, 0.4) is 0 Å². The van der Waals surface area contributed by atoms with E-state index >= 15 is 0 Å². The molecule has 80 valence electrons. The minimum absolute atomic E-state index is 0.172. The van der Waals surface area contributed by atoms with Gasteiger partial charge in [0.2, 0.25) is 5.91 Å². The van der Waals surface area contributed by atoms with E-state index in [4.69, 9.17) is 4.74 Å². The number of allylic oxidation sites excluding steroid dienone is 1. The van der Waals surface area contributed by atoms with Crippen molar-refractivity contribution in [2.75, 3.05) is 6.61 Å². The molecule has 0 aliphatic carbocycles. The summed E-state index contributed by atoms with van der Waals surface area (Å²) in [5.41, 5.74) is 0.610. The van der Waals surface area contributed by atoms with E-state index in [9.17, 15) is 9.59 Å². The summed E-state index contributed by atoms with van der Waals surface area (Å²) in [4.78, 5) is 21.8. The van der Waals surface area contributed by atoms with Gasteiger partial charge in [-0.05, 0) is 13.3 Å². The topological polar surface area (TPSA) is 55.4 Å². The van der Waals surface area contributed by atoms with Crippen LogP contribution < -0.4 is 5.32 Å². The number of carbonyl (C=O) groups excluding carboxylic acids is 2. The van der Waals surface area contributed by atoms with Crippen molar-refractivity contribution in [3.8, 4) is 0 Å². The van der Waals surface area contributed by atoms with Gasteiger partial charge in [0.15, 0.2) is 0 Å². The lowest BCUT2D eigenvalue weighted by Crippen LogP contribution is -2.20. The molecule has 4 nitrogen and oxygen atoms in total. The molecular formula is C10H17NO3. The number of amides is 1. The summed E-state index contributed by atoms with van der Waals surface area (Å²) in [6, 6.07) is 0. The Hall–Kier alpha value is -1.32. The maximum atomic E-state index is 11.1. The second-order valence-corrected chi connectivity index (χ2v) is 2.85. The second kappa shape index (κ2) is 7.12. The van der Waals surface area contributed by atoms with E-state index in [1.54, 1.807) is 6.92 Å². The first kappa shape index (κ1) is 12.7. The smallest absolute Gasteiger partial charge is 0.332 e. The highest BCUT2D eigenvalue weighted by Crippen LogP contribution is 2.01. The lowest BCUT2D eigenvalue weighted by atomic mass is 10.2. The Morgan fingerprint density at radius 1 is 1.36 bits per heavy atom. The van der Waals surface area contributed by atoms with Gasteiger partial charge in [0.05, 0.1) is 6.61 Å². The first-order valence-corrected chi connectivity index (χ1v) is 4.75. The molecule has 14 heavy (non-hydrogen) atoms. The molecule has 0 spiro atoms. The summed E-state index contributed by atoms with van der Waals surface area (Å²) in [6.45, 7) is 5.47. The fourth-order valence-electron chi connectivity index (χ4n) is 0.992. The van der Waals surface area contributed by atoms with Crippen LogP contribution in [0.25, 0.3) is 0 Å². The van der Waals surface area contributed by atoms with Crippen LogP contribution in [0.5, 0.6) is 0 Å². The predicted octanol–water partition coefficient (Wildman–Crippen LogP) is 1.37. The van der Waals surface area contributed by atoms with Crippen LogP contribution >= 0.6 is 0 Å². The van der Waals surface area contributed by atoms with Gasteiger partial charge in [-0.15, -0.1) is 0 Å². The van der Waals surface area contributed by atoms with Gasteiger partial charge < -0.3 is 10.1 Å². The van der Waals surface area contributed by atoms with Crippen molar-refractivity contribution in [3.05, 3.63) is 11.8 Å². The van der Waals surface area contributed by atoms with Gasteiger partial charge in [-0.1, -0.05) is 13.3 Å². The largest absolute Gasteiger partial charge is 0.463 e. The third kappa shape index (κ3) is 6.22. The number of hydrogen-bond donors (Lipinski definition) is 1. The van der Waals surface area contributed by atoms with Gasteiger partial charge >= 0.3 is 5.97 Å². The standard InChI is InChI=1S/C10H17NO3/c1-4-6-9(11-8(3)12)7-10(13)14-5-2/h7H,4-6H2,1-3H3,(H,11,12). The quantitative estimate of drug-likeness (QED) is 0.537. The normalized spacial score (nSPS) is 10.9. The average molecular weight is 199 g/mol. The summed E-state index contributed by atoms with van der Waals surface area (Å²) in [6.07, 6.45) is 2.86. The highest BCUT2D eigenvalue weighted by atomic mass is 16.5. The van der Waals surface area contributed by atoms with Gasteiger partial charge in [-0.2, -0.15) is 0 Å². The van der Waals surface area contributed by atoms with E-state index in [1.165, 1.54) is 13.0 Å². The Morgan fingerprint density at radius 2 is 2.00 bits per heavy atom. The molecule has 0 heterocycles. The molecule has 0 rings (SSSR count). The summed E-state index contributed by atoms with van der Waals surface area (Å²) in [7, 11) is 0. The van der Waals surface area contributed by atoms with Gasteiger partial charge in [0, 0.05) is 18.7 Å². The molecule has 0 radical (unpaired) electrons. The van der Waals surface area contributed by atoms with Crippen LogP contribution in [0.15, 0.2) is 11.8 Å². The van der Waals surface area contributed by atoms with Crippen LogP contribution in [0, 0.1) is 0 Å². The third-order valence-corrected chi connectivity index (χ3v) is 1.43. The van der Waals surface area contributed by atoms with Crippen LogP contribution in [0.1, 0.15) is 33.6 Å². The Bertz CT molecular complexity index is 234. The van der Waals surface area contributed by atoms with Gasteiger partial charge in [0.1, 0.15) is 0 Å². The molecule has 0 aromatic carbocycles. The van der Waals surface area contributed by atoms with Gasteiger partial charge in [0.25, 0.3) is 0 Å². The number of nitrogens with one attached hydrogen (secondary N) is 1. The number of carbonyl (C=O) groups is 2. The molecule has 1 amide bonds.